The van der Waals surface area contributed by atoms with Crippen LogP contribution in [0.3, 0.4) is 0 Å². The molecule has 2 N–H and O–H groups in total. The van der Waals surface area contributed by atoms with Crippen LogP contribution in [0, 0.1) is 5.92 Å². The number of likely N-dealkylation sites (tertiary alicyclic amines) is 2. The van der Waals surface area contributed by atoms with E-state index in [1.54, 1.807) is 0 Å². The Hall–Kier alpha value is -0.160. The molecule has 0 aromatic rings. The topological polar surface area (TPSA) is 41.7 Å². The molecule has 20 heavy (non-hydrogen) atoms. The van der Waals surface area contributed by atoms with Crippen molar-refractivity contribution in [1.29, 1.82) is 0 Å². The number of hydrogen-bond donors (Lipinski definition) is 1. The lowest BCUT2D eigenvalue weighted by atomic mass is 9.83. The van der Waals surface area contributed by atoms with Crippen LogP contribution in [-0.4, -0.2) is 68.3 Å². The molecular weight excluding hydrogens is 250 g/mol. The van der Waals surface area contributed by atoms with Crippen LogP contribution >= 0.6 is 0 Å². The standard InChI is InChI=1S/C16H33N3O/c1-3-8-18-11-6-16(14-17,7-12-18)19-9-4-15(5-10-19)13-20-2/h15H,3-14,17H2,1-2H3. The summed E-state index contributed by atoms with van der Waals surface area (Å²) < 4.78 is 5.30. The van der Waals surface area contributed by atoms with E-state index in [1.807, 2.05) is 7.11 Å². The lowest BCUT2D eigenvalue weighted by molar-refractivity contribution is -0.00509. The second-order valence-corrected chi connectivity index (χ2v) is 6.66. The zero-order chi connectivity index (χ0) is 14.4. The molecule has 0 aromatic heterocycles. The Labute approximate surface area is 124 Å². The molecule has 2 saturated heterocycles. The van der Waals surface area contributed by atoms with Gasteiger partial charge in [-0.25, -0.2) is 0 Å². The van der Waals surface area contributed by atoms with Crippen molar-refractivity contribution in [3.05, 3.63) is 0 Å². The average Bonchev–Trinajstić information content (AvgIpc) is 2.50. The van der Waals surface area contributed by atoms with E-state index in [0.717, 1.165) is 19.1 Å². The SMILES string of the molecule is CCCN1CCC(CN)(N2CCC(COC)CC2)CC1. The van der Waals surface area contributed by atoms with Gasteiger partial charge >= 0.3 is 0 Å². The summed E-state index contributed by atoms with van der Waals surface area (Å²) >= 11 is 0. The van der Waals surface area contributed by atoms with Crippen molar-refractivity contribution in [2.45, 2.75) is 44.6 Å². The minimum Gasteiger partial charge on any atom is -0.384 e. The summed E-state index contributed by atoms with van der Waals surface area (Å²) in [7, 11) is 1.82. The van der Waals surface area contributed by atoms with Crippen LogP contribution in [0.15, 0.2) is 0 Å². The first kappa shape index (κ1) is 16.2. The molecule has 0 unspecified atom stereocenters. The maximum absolute atomic E-state index is 6.20. The Bertz CT molecular complexity index is 269. The lowest BCUT2D eigenvalue weighted by Crippen LogP contribution is -2.61. The number of rotatable bonds is 6. The van der Waals surface area contributed by atoms with Crippen molar-refractivity contribution in [2.24, 2.45) is 11.7 Å². The normalized spacial score (nSPS) is 25.9. The zero-order valence-corrected chi connectivity index (χ0v) is 13.4. The lowest BCUT2D eigenvalue weighted by Gasteiger charge is -2.50. The van der Waals surface area contributed by atoms with E-state index >= 15 is 0 Å². The number of methoxy groups -OCH3 is 1. The molecule has 2 rings (SSSR count). The summed E-state index contributed by atoms with van der Waals surface area (Å²) in [4.78, 5) is 5.30. The molecular formula is C16H33N3O. The quantitative estimate of drug-likeness (QED) is 0.803. The first-order chi connectivity index (χ1) is 9.74. The van der Waals surface area contributed by atoms with Gasteiger partial charge in [-0.2, -0.15) is 0 Å². The van der Waals surface area contributed by atoms with Crippen LogP contribution < -0.4 is 5.73 Å². The van der Waals surface area contributed by atoms with E-state index < -0.39 is 0 Å². The Morgan fingerprint density at radius 3 is 2.30 bits per heavy atom. The molecule has 4 nitrogen and oxygen atoms in total. The van der Waals surface area contributed by atoms with Gasteiger partial charge in [-0.15, -0.1) is 0 Å². The van der Waals surface area contributed by atoms with Crippen molar-refractivity contribution < 1.29 is 4.74 Å². The monoisotopic (exact) mass is 283 g/mol. The third kappa shape index (κ3) is 3.73. The molecule has 4 heteroatoms. The summed E-state index contributed by atoms with van der Waals surface area (Å²) in [6.07, 6.45) is 6.30. The predicted molar refractivity (Wildman–Crippen MR) is 83.9 cm³/mol. The molecule has 2 aliphatic heterocycles. The Morgan fingerprint density at radius 2 is 1.80 bits per heavy atom. The van der Waals surface area contributed by atoms with Gasteiger partial charge in [0.05, 0.1) is 0 Å². The molecule has 118 valence electrons. The van der Waals surface area contributed by atoms with Crippen molar-refractivity contribution in [3.63, 3.8) is 0 Å². The minimum absolute atomic E-state index is 0.280. The van der Waals surface area contributed by atoms with Crippen LogP contribution in [0.4, 0.5) is 0 Å². The number of hydrogen-bond acceptors (Lipinski definition) is 4. The molecule has 2 heterocycles. The van der Waals surface area contributed by atoms with E-state index in [-0.39, 0.29) is 5.54 Å². The zero-order valence-electron chi connectivity index (χ0n) is 13.4. The molecule has 0 atom stereocenters. The van der Waals surface area contributed by atoms with Gasteiger partial charge in [-0.05, 0) is 70.7 Å². The van der Waals surface area contributed by atoms with Gasteiger partial charge in [0.1, 0.15) is 0 Å². The molecule has 0 aromatic carbocycles. The van der Waals surface area contributed by atoms with Crippen LogP contribution in [0.1, 0.15) is 39.0 Å². The van der Waals surface area contributed by atoms with Crippen molar-refractivity contribution in [2.75, 3.05) is 53.0 Å². The highest BCUT2D eigenvalue weighted by Gasteiger charge is 2.39. The Kier molecular flexibility index (Phi) is 6.27. The number of nitrogens with two attached hydrogens (primary N) is 1. The van der Waals surface area contributed by atoms with Crippen molar-refractivity contribution in [1.82, 2.24) is 9.80 Å². The summed E-state index contributed by atoms with van der Waals surface area (Å²) in [5.74, 6) is 0.756. The highest BCUT2D eigenvalue weighted by Crippen LogP contribution is 2.32. The average molecular weight is 283 g/mol. The van der Waals surface area contributed by atoms with Crippen LogP contribution in [0.5, 0.6) is 0 Å². The number of piperidine rings is 2. The van der Waals surface area contributed by atoms with Crippen molar-refractivity contribution in [3.8, 4) is 0 Å². The highest BCUT2D eigenvalue weighted by molar-refractivity contribution is 4.97. The third-order valence-electron chi connectivity index (χ3n) is 5.39. The summed E-state index contributed by atoms with van der Waals surface area (Å²) in [6, 6.07) is 0. The van der Waals surface area contributed by atoms with Gasteiger partial charge in [0.25, 0.3) is 0 Å². The maximum atomic E-state index is 6.20. The first-order valence-electron chi connectivity index (χ1n) is 8.40. The van der Waals surface area contributed by atoms with Gasteiger partial charge < -0.3 is 15.4 Å². The molecule has 2 fully saturated rings. The minimum atomic E-state index is 0.280. The molecule has 0 spiro atoms. The third-order valence-corrected chi connectivity index (χ3v) is 5.39. The van der Waals surface area contributed by atoms with Gasteiger partial charge in [-0.3, -0.25) is 4.90 Å². The van der Waals surface area contributed by atoms with Gasteiger partial charge in [0, 0.05) is 25.8 Å². The predicted octanol–water partition coefficient (Wildman–Crippen LogP) is 1.55. The summed E-state index contributed by atoms with van der Waals surface area (Å²) in [5.41, 5.74) is 6.48. The van der Waals surface area contributed by atoms with E-state index in [9.17, 15) is 0 Å². The molecule has 0 amide bonds. The molecule has 0 saturated carbocycles. The molecule has 0 bridgehead atoms. The fraction of sp³-hybridized carbons (Fsp3) is 1.00. The van der Waals surface area contributed by atoms with Gasteiger partial charge in [0.15, 0.2) is 0 Å². The number of ether oxygens (including phenoxy) is 1. The second-order valence-electron chi connectivity index (χ2n) is 6.66. The van der Waals surface area contributed by atoms with E-state index in [1.165, 1.54) is 64.8 Å². The second kappa shape index (κ2) is 7.74. The fourth-order valence-corrected chi connectivity index (χ4v) is 3.97. The van der Waals surface area contributed by atoms with Crippen LogP contribution in [-0.2, 0) is 4.74 Å². The molecule has 2 aliphatic rings. The fourth-order valence-electron chi connectivity index (χ4n) is 3.97. The Balaban J connectivity index is 1.86. The highest BCUT2D eigenvalue weighted by atomic mass is 16.5. The first-order valence-corrected chi connectivity index (χ1v) is 8.40. The molecule has 0 aliphatic carbocycles. The summed E-state index contributed by atoms with van der Waals surface area (Å²) in [6.45, 7) is 10.1. The smallest absolute Gasteiger partial charge is 0.0491 e. The van der Waals surface area contributed by atoms with E-state index in [2.05, 4.69) is 16.7 Å². The van der Waals surface area contributed by atoms with Crippen LogP contribution in [0.2, 0.25) is 0 Å². The van der Waals surface area contributed by atoms with E-state index in [0.29, 0.717) is 0 Å². The van der Waals surface area contributed by atoms with E-state index in [4.69, 9.17) is 10.5 Å². The van der Waals surface area contributed by atoms with Crippen molar-refractivity contribution >= 4 is 0 Å². The summed E-state index contributed by atoms with van der Waals surface area (Å²) in [5, 5.41) is 0. The van der Waals surface area contributed by atoms with Crippen LogP contribution in [0.25, 0.3) is 0 Å². The van der Waals surface area contributed by atoms with Gasteiger partial charge in [0.2, 0.25) is 0 Å². The Morgan fingerprint density at radius 1 is 1.15 bits per heavy atom. The molecule has 0 radical (unpaired) electrons. The largest absolute Gasteiger partial charge is 0.384 e. The maximum Gasteiger partial charge on any atom is 0.0491 e. The number of nitrogens with zero attached hydrogens (tertiary/aromatic N) is 2. The van der Waals surface area contributed by atoms with Gasteiger partial charge in [-0.1, -0.05) is 6.92 Å².